The molecule has 1 saturated carbocycles. The van der Waals surface area contributed by atoms with Crippen molar-refractivity contribution in [3.63, 3.8) is 0 Å². The quantitative estimate of drug-likeness (QED) is 0.647. The third-order valence-electron chi connectivity index (χ3n) is 4.87. The van der Waals surface area contributed by atoms with E-state index in [1.165, 1.54) is 25.7 Å². The molecule has 1 fully saturated rings. The second-order valence-corrected chi connectivity index (χ2v) is 6.25. The van der Waals surface area contributed by atoms with Crippen molar-refractivity contribution in [1.29, 1.82) is 0 Å². The number of benzene rings is 1. The van der Waals surface area contributed by atoms with Gasteiger partial charge >= 0.3 is 0 Å². The molecule has 0 unspecified atom stereocenters. The molecule has 1 aromatic carbocycles. The first-order valence-corrected chi connectivity index (χ1v) is 7.57. The maximum atomic E-state index is 11.0. The number of hydrogen-bond donors (Lipinski definition) is 1. The number of nitro benzene ring substituents is 1. The molecule has 1 N–H and O–H groups in total. The van der Waals surface area contributed by atoms with Crippen molar-refractivity contribution < 1.29 is 4.92 Å². The third kappa shape index (κ3) is 3.41. The minimum Gasteiger partial charge on any atom is -0.311 e. The van der Waals surface area contributed by atoms with E-state index in [9.17, 15) is 10.1 Å². The molecule has 0 aromatic heterocycles. The molecule has 2 rings (SSSR count). The van der Waals surface area contributed by atoms with Crippen LogP contribution in [0.1, 0.15) is 36.8 Å². The maximum Gasteiger partial charge on any atom is 0.272 e. The second-order valence-electron chi connectivity index (χ2n) is 6.25. The van der Waals surface area contributed by atoms with E-state index in [1.807, 2.05) is 13.0 Å². The van der Waals surface area contributed by atoms with Crippen LogP contribution in [0.5, 0.6) is 0 Å². The molecule has 0 bridgehead atoms. The van der Waals surface area contributed by atoms with Gasteiger partial charge in [-0.15, -0.1) is 0 Å². The van der Waals surface area contributed by atoms with Crippen LogP contribution in [0.15, 0.2) is 18.2 Å². The molecule has 0 aliphatic heterocycles. The Kier molecular flexibility index (Phi) is 4.96. The normalized spacial score (nSPS) is 17.3. The smallest absolute Gasteiger partial charge is 0.272 e. The zero-order valence-corrected chi connectivity index (χ0v) is 13.2. The molecule has 1 aromatic rings. The highest BCUT2D eigenvalue weighted by molar-refractivity contribution is 5.44. The first kappa shape index (κ1) is 15.9. The number of likely N-dealkylation sites (N-methyl/N-ethyl adjacent to an activating group) is 1. The van der Waals surface area contributed by atoms with Crippen molar-refractivity contribution >= 4 is 5.69 Å². The van der Waals surface area contributed by atoms with Crippen LogP contribution in [-0.2, 0) is 6.54 Å². The van der Waals surface area contributed by atoms with Gasteiger partial charge in [-0.05, 0) is 39.4 Å². The molecule has 1 aliphatic carbocycles. The van der Waals surface area contributed by atoms with E-state index in [-0.39, 0.29) is 16.1 Å². The van der Waals surface area contributed by atoms with Crippen molar-refractivity contribution in [1.82, 2.24) is 10.2 Å². The summed E-state index contributed by atoms with van der Waals surface area (Å²) in [6.45, 7) is 3.44. The fourth-order valence-electron chi connectivity index (χ4n) is 3.30. The van der Waals surface area contributed by atoms with Gasteiger partial charge in [0.2, 0.25) is 0 Å². The maximum absolute atomic E-state index is 11.0. The molecule has 116 valence electrons. The van der Waals surface area contributed by atoms with Gasteiger partial charge in [-0.1, -0.05) is 25.0 Å². The van der Waals surface area contributed by atoms with E-state index >= 15 is 0 Å². The van der Waals surface area contributed by atoms with E-state index in [0.717, 1.165) is 17.7 Å². The Morgan fingerprint density at radius 3 is 2.57 bits per heavy atom. The van der Waals surface area contributed by atoms with Gasteiger partial charge < -0.3 is 10.2 Å². The Morgan fingerprint density at radius 1 is 1.33 bits per heavy atom. The summed E-state index contributed by atoms with van der Waals surface area (Å²) in [6.07, 6.45) is 5.02. The Bertz CT molecular complexity index is 508. The molecule has 1 aliphatic rings. The largest absolute Gasteiger partial charge is 0.311 e. The summed E-state index contributed by atoms with van der Waals surface area (Å²) >= 11 is 0. The highest BCUT2D eigenvalue weighted by Crippen LogP contribution is 2.33. The lowest BCUT2D eigenvalue weighted by atomic mass is 9.95. The lowest BCUT2D eigenvalue weighted by Gasteiger charge is -2.36. The molecule has 21 heavy (non-hydrogen) atoms. The van der Waals surface area contributed by atoms with Crippen molar-refractivity contribution in [2.75, 3.05) is 20.6 Å². The number of hydrogen-bond acceptors (Lipinski definition) is 4. The SMILES string of the molecule is Cc1c(CNCC2(N(C)C)CCCC2)cccc1[N+](=O)[O-]. The van der Waals surface area contributed by atoms with Crippen LogP contribution in [0.4, 0.5) is 5.69 Å². The minimum absolute atomic E-state index is 0.206. The van der Waals surface area contributed by atoms with Crippen molar-refractivity contribution in [2.45, 2.75) is 44.7 Å². The van der Waals surface area contributed by atoms with E-state index in [1.54, 1.807) is 12.1 Å². The third-order valence-corrected chi connectivity index (χ3v) is 4.87. The zero-order valence-electron chi connectivity index (χ0n) is 13.2. The fraction of sp³-hybridized carbons (Fsp3) is 0.625. The monoisotopic (exact) mass is 291 g/mol. The van der Waals surface area contributed by atoms with Crippen LogP contribution in [0.3, 0.4) is 0 Å². The first-order valence-electron chi connectivity index (χ1n) is 7.57. The Labute approximate surface area is 126 Å². The molecule has 0 spiro atoms. The molecule has 0 heterocycles. The molecule has 0 saturated heterocycles. The Hall–Kier alpha value is -1.46. The van der Waals surface area contributed by atoms with E-state index < -0.39 is 0 Å². The molecule has 5 heteroatoms. The van der Waals surface area contributed by atoms with Crippen LogP contribution < -0.4 is 5.32 Å². The topological polar surface area (TPSA) is 58.4 Å². The lowest BCUT2D eigenvalue weighted by Crippen LogP contribution is -2.49. The lowest BCUT2D eigenvalue weighted by molar-refractivity contribution is -0.385. The van der Waals surface area contributed by atoms with Crippen molar-refractivity contribution in [3.8, 4) is 0 Å². The standard InChI is InChI=1S/C16H25N3O2/c1-13-14(7-6-8-15(13)19(20)21)11-17-12-16(18(2)3)9-4-5-10-16/h6-8,17H,4-5,9-12H2,1-3H3. The number of nitro groups is 1. The van der Waals surface area contributed by atoms with Gasteiger partial charge in [0, 0.05) is 30.3 Å². The van der Waals surface area contributed by atoms with Gasteiger partial charge in [0.25, 0.3) is 5.69 Å². The minimum atomic E-state index is -0.308. The average Bonchev–Trinajstić information content (AvgIpc) is 2.90. The molecule has 0 atom stereocenters. The summed E-state index contributed by atoms with van der Waals surface area (Å²) in [5.74, 6) is 0. The van der Waals surface area contributed by atoms with Gasteiger partial charge in [-0.3, -0.25) is 10.1 Å². The number of nitrogens with one attached hydrogen (secondary N) is 1. The van der Waals surface area contributed by atoms with E-state index in [4.69, 9.17) is 0 Å². The van der Waals surface area contributed by atoms with E-state index in [2.05, 4.69) is 24.3 Å². The van der Waals surface area contributed by atoms with Crippen LogP contribution in [0, 0.1) is 17.0 Å². The summed E-state index contributed by atoms with van der Waals surface area (Å²) in [4.78, 5) is 13.0. The second kappa shape index (κ2) is 6.54. The highest BCUT2D eigenvalue weighted by atomic mass is 16.6. The predicted octanol–water partition coefficient (Wildman–Crippen LogP) is 2.87. The van der Waals surface area contributed by atoms with Crippen LogP contribution in [0.25, 0.3) is 0 Å². The van der Waals surface area contributed by atoms with E-state index in [0.29, 0.717) is 6.54 Å². The summed E-state index contributed by atoms with van der Waals surface area (Å²) in [5.41, 5.74) is 2.23. The van der Waals surface area contributed by atoms with Crippen LogP contribution in [-0.4, -0.2) is 36.0 Å². The summed E-state index contributed by atoms with van der Waals surface area (Å²) < 4.78 is 0. The first-order chi connectivity index (χ1) is 9.96. The Balaban J connectivity index is 2.00. The molecule has 0 radical (unpaired) electrons. The molecule has 0 amide bonds. The Morgan fingerprint density at radius 2 is 2.00 bits per heavy atom. The van der Waals surface area contributed by atoms with Gasteiger partial charge in [-0.2, -0.15) is 0 Å². The van der Waals surface area contributed by atoms with Gasteiger partial charge in [0.05, 0.1) is 4.92 Å². The molecular weight excluding hydrogens is 266 g/mol. The summed E-state index contributed by atoms with van der Waals surface area (Å²) in [6, 6.07) is 5.29. The predicted molar refractivity (Wildman–Crippen MR) is 84.4 cm³/mol. The summed E-state index contributed by atoms with van der Waals surface area (Å²) in [7, 11) is 4.29. The molecule has 5 nitrogen and oxygen atoms in total. The number of nitrogens with zero attached hydrogens (tertiary/aromatic N) is 2. The van der Waals surface area contributed by atoms with Gasteiger partial charge in [0.1, 0.15) is 0 Å². The zero-order chi connectivity index (χ0) is 15.5. The van der Waals surface area contributed by atoms with Gasteiger partial charge in [0.15, 0.2) is 0 Å². The van der Waals surface area contributed by atoms with Gasteiger partial charge in [-0.25, -0.2) is 0 Å². The molecular formula is C16H25N3O2. The highest BCUT2D eigenvalue weighted by Gasteiger charge is 2.35. The van der Waals surface area contributed by atoms with Crippen LogP contribution in [0.2, 0.25) is 0 Å². The summed E-state index contributed by atoms with van der Waals surface area (Å²) in [5, 5.41) is 14.5. The number of rotatable bonds is 6. The van der Waals surface area contributed by atoms with Crippen molar-refractivity contribution in [2.24, 2.45) is 0 Å². The van der Waals surface area contributed by atoms with Crippen LogP contribution >= 0.6 is 0 Å². The average molecular weight is 291 g/mol. The van der Waals surface area contributed by atoms with Crippen molar-refractivity contribution in [3.05, 3.63) is 39.4 Å². The fourth-order valence-corrected chi connectivity index (χ4v) is 3.30.